The summed E-state index contributed by atoms with van der Waals surface area (Å²) in [4.78, 5) is 0. The zero-order valence-corrected chi connectivity index (χ0v) is 17.3. The molecule has 0 amide bonds. The molecule has 0 atom stereocenters. The fourth-order valence-electron chi connectivity index (χ4n) is 4.38. The maximum atomic E-state index is 2.36. The van der Waals surface area contributed by atoms with Crippen LogP contribution in [0.15, 0.2) is 0 Å². The summed E-state index contributed by atoms with van der Waals surface area (Å²) in [6.07, 6.45) is 29.9. The molecule has 4 saturated carbocycles. The molecule has 4 aliphatic carbocycles. The minimum absolute atomic E-state index is 1.04. The normalized spacial score (nSPS) is 24.8. The predicted octanol–water partition coefficient (Wildman–Crippen LogP) is 9.07. The molecule has 0 aromatic rings. The van der Waals surface area contributed by atoms with Crippen molar-refractivity contribution in [1.29, 1.82) is 0 Å². The number of rotatable bonds is 0. The Balaban J connectivity index is 0.000000161. The van der Waals surface area contributed by atoms with Gasteiger partial charge in [0.1, 0.15) is 0 Å². The summed E-state index contributed by atoms with van der Waals surface area (Å²) >= 11 is 0. The summed E-state index contributed by atoms with van der Waals surface area (Å²) in [7, 11) is 0. The second-order valence-electron chi connectivity index (χ2n) is 9.02. The molecule has 4 rings (SSSR count). The van der Waals surface area contributed by atoms with Gasteiger partial charge in [0.2, 0.25) is 0 Å². The summed E-state index contributed by atoms with van der Waals surface area (Å²) in [5.41, 5.74) is 0. The highest BCUT2D eigenvalue weighted by Gasteiger charge is 2.07. The zero-order valence-electron chi connectivity index (χ0n) is 17.3. The molecule has 0 saturated heterocycles. The summed E-state index contributed by atoms with van der Waals surface area (Å²) in [5, 5.41) is 0. The third-order valence-corrected chi connectivity index (χ3v) is 6.29. The van der Waals surface area contributed by atoms with Crippen LogP contribution in [0.5, 0.6) is 0 Å². The van der Waals surface area contributed by atoms with Crippen molar-refractivity contribution < 1.29 is 0 Å². The SMILES string of the molecule is C1CCCC1.C1CCCCC1.CC1CCCC1.CC1CCCCC1. The average Bonchev–Trinajstić information content (AvgIpc) is 3.35. The van der Waals surface area contributed by atoms with Gasteiger partial charge in [0.05, 0.1) is 0 Å². The molecule has 0 aromatic heterocycles. The van der Waals surface area contributed by atoms with Crippen molar-refractivity contribution in [1.82, 2.24) is 0 Å². The monoisotopic (exact) mass is 336 g/mol. The number of hydrogen-bond donors (Lipinski definition) is 0. The van der Waals surface area contributed by atoms with E-state index in [1.54, 1.807) is 0 Å². The maximum absolute atomic E-state index is 2.36. The Morgan fingerprint density at radius 2 is 0.458 bits per heavy atom. The summed E-state index contributed by atoms with van der Waals surface area (Å²) < 4.78 is 0. The van der Waals surface area contributed by atoms with Crippen LogP contribution in [0.3, 0.4) is 0 Å². The van der Waals surface area contributed by atoms with Crippen LogP contribution in [0.4, 0.5) is 0 Å². The Morgan fingerprint density at radius 1 is 0.292 bits per heavy atom. The highest BCUT2D eigenvalue weighted by atomic mass is 14.1. The first-order valence-electron chi connectivity index (χ1n) is 11.8. The lowest BCUT2D eigenvalue weighted by molar-refractivity contribution is 0.385. The lowest BCUT2D eigenvalue weighted by atomic mass is 9.91. The summed E-state index contributed by atoms with van der Waals surface area (Å²) in [5.74, 6) is 2.08. The van der Waals surface area contributed by atoms with E-state index >= 15 is 0 Å². The quantitative estimate of drug-likeness (QED) is 0.413. The van der Waals surface area contributed by atoms with E-state index in [1.807, 2.05) is 0 Å². The van der Waals surface area contributed by atoms with Gasteiger partial charge >= 0.3 is 0 Å². The molecule has 0 unspecified atom stereocenters. The van der Waals surface area contributed by atoms with E-state index in [0.29, 0.717) is 0 Å². The standard InChI is InChI=1S/C7H14.2C6H12.C5H10/c1-7-5-3-2-4-6-7;1-6-4-2-3-5-6;1-2-4-6-5-3-1;1-2-4-5-3-1/h7H,2-6H2,1H3;6H,2-5H2,1H3;1-6H2;1-5H2. The van der Waals surface area contributed by atoms with Crippen LogP contribution in [-0.2, 0) is 0 Å². The van der Waals surface area contributed by atoms with Gasteiger partial charge in [-0.25, -0.2) is 0 Å². The van der Waals surface area contributed by atoms with E-state index in [2.05, 4.69) is 13.8 Å². The van der Waals surface area contributed by atoms with Gasteiger partial charge in [-0.05, 0) is 11.8 Å². The Labute approximate surface area is 154 Å². The molecular formula is C24H48. The molecule has 0 heteroatoms. The van der Waals surface area contributed by atoms with Crippen LogP contribution in [0.1, 0.15) is 142 Å². The molecule has 0 N–H and O–H groups in total. The summed E-state index contributed by atoms with van der Waals surface area (Å²) in [6, 6.07) is 0. The molecule has 4 aliphatic rings. The smallest absolute Gasteiger partial charge is 0.0443 e. The van der Waals surface area contributed by atoms with E-state index in [4.69, 9.17) is 0 Å². The zero-order chi connectivity index (χ0) is 17.3. The van der Waals surface area contributed by atoms with Gasteiger partial charge in [-0.1, -0.05) is 142 Å². The highest BCUT2D eigenvalue weighted by Crippen LogP contribution is 2.23. The molecule has 0 heterocycles. The van der Waals surface area contributed by atoms with Gasteiger partial charge in [0, 0.05) is 0 Å². The lowest BCUT2D eigenvalue weighted by Gasteiger charge is -2.15. The molecule has 0 nitrogen and oxygen atoms in total. The van der Waals surface area contributed by atoms with E-state index in [9.17, 15) is 0 Å². The molecule has 0 aromatic carbocycles. The fourth-order valence-corrected chi connectivity index (χ4v) is 4.38. The Hall–Kier alpha value is 0. The molecule has 24 heavy (non-hydrogen) atoms. The van der Waals surface area contributed by atoms with Crippen molar-refractivity contribution >= 4 is 0 Å². The van der Waals surface area contributed by atoms with E-state index in [0.717, 1.165) is 11.8 Å². The van der Waals surface area contributed by atoms with Crippen molar-refractivity contribution in [3.8, 4) is 0 Å². The van der Waals surface area contributed by atoms with Crippen LogP contribution in [0.25, 0.3) is 0 Å². The van der Waals surface area contributed by atoms with Crippen molar-refractivity contribution in [2.75, 3.05) is 0 Å². The molecule has 0 aliphatic heterocycles. The van der Waals surface area contributed by atoms with Crippen LogP contribution in [0.2, 0.25) is 0 Å². The lowest BCUT2D eigenvalue weighted by Crippen LogP contribution is -1.99. The molecular weight excluding hydrogens is 288 g/mol. The first kappa shape index (κ1) is 22.0. The maximum Gasteiger partial charge on any atom is -0.0443 e. The van der Waals surface area contributed by atoms with Gasteiger partial charge in [-0.3, -0.25) is 0 Å². The molecule has 0 spiro atoms. The first-order chi connectivity index (χ1) is 11.8. The second kappa shape index (κ2) is 16.5. The predicted molar refractivity (Wildman–Crippen MR) is 111 cm³/mol. The fraction of sp³-hybridized carbons (Fsp3) is 1.00. The minimum atomic E-state index is 1.04. The topological polar surface area (TPSA) is 0 Å². The number of hydrogen-bond acceptors (Lipinski definition) is 0. The average molecular weight is 337 g/mol. The van der Waals surface area contributed by atoms with Gasteiger partial charge in [0.25, 0.3) is 0 Å². The molecule has 0 radical (unpaired) electrons. The third kappa shape index (κ3) is 14.4. The van der Waals surface area contributed by atoms with Crippen LogP contribution < -0.4 is 0 Å². The van der Waals surface area contributed by atoms with Crippen molar-refractivity contribution in [3.05, 3.63) is 0 Å². The molecule has 4 fully saturated rings. The van der Waals surface area contributed by atoms with Crippen LogP contribution >= 0.6 is 0 Å². The van der Waals surface area contributed by atoms with E-state index < -0.39 is 0 Å². The minimum Gasteiger partial charge on any atom is -0.0625 e. The first-order valence-corrected chi connectivity index (χ1v) is 11.8. The van der Waals surface area contributed by atoms with Crippen molar-refractivity contribution in [3.63, 3.8) is 0 Å². The van der Waals surface area contributed by atoms with E-state index in [-0.39, 0.29) is 0 Å². The van der Waals surface area contributed by atoms with Gasteiger partial charge < -0.3 is 0 Å². The molecule has 0 bridgehead atoms. The second-order valence-corrected chi connectivity index (χ2v) is 9.02. The van der Waals surface area contributed by atoms with Crippen LogP contribution in [0, 0.1) is 11.8 Å². The Morgan fingerprint density at radius 3 is 0.583 bits per heavy atom. The van der Waals surface area contributed by atoms with Crippen molar-refractivity contribution in [2.24, 2.45) is 11.8 Å². The Kier molecular flexibility index (Phi) is 15.1. The summed E-state index contributed by atoms with van der Waals surface area (Å²) in [6.45, 7) is 4.70. The largest absolute Gasteiger partial charge is 0.0625 e. The highest BCUT2D eigenvalue weighted by molar-refractivity contribution is 4.61. The van der Waals surface area contributed by atoms with Gasteiger partial charge in [-0.15, -0.1) is 0 Å². The van der Waals surface area contributed by atoms with Gasteiger partial charge in [-0.2, -0.15) is 0 Å². The van der Waals surface area contributed by atoms with Gasteiger partial charge in [0.15, 0.2) is 0 Å². The van der Waals surface area contributed by atoms with E-state index in [1.165, 1.54) is 128 Å². The van der Waals surface area contributed by atoms with Crippen molar-refractivity contribution in [2.45, 2.75) is 142 Å². The molecule has 144 valence electrons. The third-order valence-electron chi connectivity index (χ3n) is 6.29. The Bertz CT molecular complexity index is 205. The van der Waals surface area contributed by atoms with Crippen LogP contribution in [-0.4, -0.2) is 0 Å².